The molecule has 0 aromatic carbocycles. The number of carboxylic acids is 1. The average Bonchev–Trinajstić information content (AvgIpc) is 2.70. The van der Waals surface area contributed by atoms with Gasteiger partial charge in [0.15, 0.2) is 0 Å². The maximum atomic E-state index is 11.9. The van der Waals surface area contributed by atoms with Crippen molar-refractivity contribution in [2.45, 2.75) is 51.0 Å². The van der Waals surface area contributed by atoms with E-state index in [2.05, 4.69) is 17.1 Å². The summed E-state index contributed by atoms with van der Waals surface area (Å²) in [5.41, 5.74) is -0.587. The first-order valence-corrected chi connectivity index (χ1v) is 7.34. The highest BCUT2D eigenvalue weighted by Gasteiger charge is 2.44. The second-order valence-electron chi connectivity index (χ2n) is 5.96. The first kappa shape index (κ1) is 13.8. The molecule has 2 unspecified atom stereocenters. The van der Waals surface area contributed by atoms with Crippen LogP contribution in [0, 0.1) is 5.92 Å². The standard InChI is InChI=1S/C14H26N2O2/c1-12-4-2-6-14(7-5-12,13(17)18)16-10-3-8-15-9-11-16/h12,15H,2-11H2,1H3,(H,17,18). The minimum atomic E-state index is -0.599. The molecule has 104 valence electrons. The zero-order valence-electron chi connectivity index (χ0n) is 11.5. The Hall–Kier alpha value is -0.610. The average molecular weight is 254 g/mol. The summed E-state index contributed by atoms with van der Waals surface area (Å²) in [6, 6.07) is 0. The third-order valence-corrected chi connectivity index (χ3v) is 4.68. The van der Waals surface area contributed by atoms with Crippen LogP contribution in [-0.4, -0.2) is 47.7 Å². The third-order valence-electron chi connectivity index (χ3n) is 4.68. The first-order chi connectivity index (χ1) is 8.65. The molecule has 18 heavy (non-hydrogen) atoms. The van der Waals surface area contributed by atoms with Gasteiger partial charge in [-0.25, -0.2) is 0 Å². The number of hydrogen-bond acceptors (Lipinski definition) is 3. The molecule has 0 amide bonds. The predicted molar refractivity (Wildman–Crippen MR) is 71.7 cm³/mol. The molecule has 0 aromatic rings. The SMILES string of the molecule is CC1CCCC(C(=O)O)(N2CCCNCC2)CC1. The first-order valence-electron chi connectivity index (χ1n) is 7.34. The number of nitrogens with zero attached hydrogens (tertiary/aromatic N) is 1. The fourth-order valence-corrected chi connectivity index (χ4v) is 3.44. The Balaban J connectivity index is 2.16. The lowest BCUT2D eigenvalue weighted by molar-refractivity contribution is -0.153. The van der Waals surface area contributed by atoms with Crippen molar-refractivity contribution in [3.8, 4) is 0 Å². The Morgan fingerprint density at radius 2 is 2.06 bits per heavy atom. The Bertz CT molecular complexity index is 288. The molecule has 2 atom stereocenters. The lowest BCUT2D eigenvalue weighted by Gasteiger charge is -2.39. The van der Waals surface area contributed by atoms with E-state index >= 15 is 0 Å². The second kappa shape index (κ2) is 6.02. The molecule has 2 aliphatic rings. The zero-order valence-corrected chi connectivity index (χ0v) is 11.5. The number of carbonyl (C=O) groups is 1. The largest absolute Gasteiger partial charge is 0.480 e. The highest BCUT2D eigenvalue weighted by atomic mass is 16.4. The highest BCUT2D eigenvalue weighted by molar-refractivity contribution is 5.78. The van der Waals surface area contributed by atoms with Crippen LogP contribution in [0.2, 0.25) is 0 Å². The molecule has 0 radical (unpaired) electrons. The van der Waals surface area contributed by atoms with E-state index < -0.39 is 11.5 Å². The van der Waals surface area contributed by atoms with Crippen molar-refractivity contribution in [3.05, 3.63) is 0 Å². The second-order valence-corrected chi connectivity index (χ2v) is 5.96. The molecule has 1 aliphatic carbocycles. The van der Waals surface area contributed by atoms with Crippen molar-refractivity contribution in [2.24, 2.45) is 5.92 Å². The normalized spacial score (nSPS) is 35.7. The smallest absolute Gasteiger partial charge is 0.324 e. The Morgan fingerprint density at radius 3 is 2.83 bits per heavy atom. The van der Waals surface area contributed by atoms with Crippen LogP contribution >= 0.6 is 0 Å². The van der Waals surface area contributed by atoms with Crippen LogP contribution in [0.25, 0.3) is 0 Å². The fourth-order valence-electron chi connectivity index (χ4n) is 3.44. The van der Waals surface area contributed by atoms with E-state index in [1.807, 2.05) is 0 Å². The van der Waals surface area contributed by atoms with E-state index in [4.69, 9.17) is 0 Å². The minimum absolute atomic E-state index is 0.587. The minimum Gasteiger partial charge on any atom is -0.480 e. The number of rotatable bonds is 2. The van der Waals surface area contributed by atoms with Crippen molar-refractivity contribution in [1.82, 2.24) is 10.2 Å². The number of nitrogens with one attached hydrogen (secondary N) is 1. The molecule has 0 aromatic heterocycles. The summed E-state index contributed by atoms with van der Waals surface area (Å²) in [6.07, 6.45) is 6.00. The molecule has 0 spiro atoms. The topological polar surface area (TPSA) is 52.6 Å². The summed E-state index contributed by atoms with van der Waals surface area (Å²) in [4.78, 5) is 14.1. The van der Waals surface area contributed by atoms with E-state index in [0.29, 0.717) is 5.92 Å². The Kier molecular flexibility index (Phi) is 4.62. The van der Waals surface area contributed by atoms with Gasteiger partial charge in [-0.05, 0) is 38.1 Å². The van der Waals surface area contributed by atoms with Crippen LogP contribution in [0.15, 0.2) is 0 Å². The van der Waals surface area contributed by atoms with Crippen molar-refractivity contribution < 1.29 is 9.90 Å². The molecule has 4 nitrogen and oxygen atoms in total. The van der Waals surface area contributed by atoms with Gasteiger partial charge < -0.3 is 10.4 Å². The molecule has 4 heteroatoms. The Morgan fingerprint density at radius 1 is 1.22 bits per heavy atom. The molecule has 1 saturated carbocycles. The van der Waals surface area contributed by atoms with E-state index in [1.54, 1.807) is 0 Å². The molecule has 1 aliphatic heterocycles. The number of hydrogen-bond donors (Lipinski definition) is 2. The fraction of sp³-hybridized carbons (Fsp3) is 0.929. The van der Waals surface area contributed by atoms with Crippen LogP contribution in [0.4, 0.5) is 0 Å². The van der Waals surface area contributed by atoms with Crippen LogP contribution in [0.5, 0.6) is 0 Å². The van der Waals surface area contributed by atoms with Crippen molar-refractivity contribution in [2.75, 3.05) is 26.2 Å². The van der Waals surface area contributed by atoms with Crippen LogP contribution in [0.3, 0.4) is 0 Å². The van der Waals surface area contributed by atoms with Gasteiger partial charge in [0.05, 0.1) is 0 Å². The number of aliphatic carboxylic acids is 1. The van der Waals surface area contributed by atoms with Gasteiger partial charge in [0.25, 0.3) is 0 Å². The predicted octanol–water partition coefficient (Wildman–Crippen LogP) is 1.71. The molecular weight excluding hydrogens is 228 g/mol. The molecule has 1 saturated heterocycles. The molecule has 2 N–H and O–H groups in total. The van der Waals surface area contributed by atoms with E-state index in [1.165, 1.54) is 6.42 Å². The van der Waals surface area contributed by atoms with Crippen molar-refractivity contribution >= 4 is 5.97 Å². The molecule has 1 heterocycles. The summed E-state index contributed by atoms with van der Waals surface area (Å²) in [7, 11) is 0. The number of carboxylic acid groups (broad SMARTS) is 1. The monoisotopic (exact) mass is 254 g/mol. The maximum Gasteiger partial charge on any atom is 0.324 e. The Labute approximate surface area is 110 Å². The zero-order chi connectivity index (χ0) is 13.0. The van der Waals surface area contributed by atoms with Gasteiger partial charge >= 0.3 is 5.97 Å². The van der Waals surface area contributed by atoms with Gasteiger partial charge in [0, 0.05) is 19.6 Å². The van der Waals surface area contributed by atoms with E-state index in [0.717, 1.165) is 58.3 Å². The van der Waals surface area contributed by atoms with Gasteiger partial charge in [-0.15, -0.1) is 0 Å². The van der Waals surface area contributed by atoms with Crippen LogP contribution in [-0.2, 0) is 4.79 Å². The highest BCUT2D eigenvalue weighted by Crippen LogP contribution is 2.35. The summed E-state index contributed by atoms with van der Waals surface area (Å²) in [5.74, 6) is 0.0785. The molecule has 2 rings (SSSR count). The molecule has 2 fully saturated rings. The summed E-state index contributed by atoms with van der Waals surface area (Å²) >= 11 is 0. The summed E-state index contributed by atoms with van der Waals surface area (Å²) < 4.78 is 0. The van der Waals surface area contributed by atoms with Gasteiger partial charge in [0.2, 0.25) is 0 Å². The maximum absolute atomic E-state index is 11.9. The van der Waals surface area contributed by atoms with Crippen molar-refractivity contribution in [3.63, 3.8) is 0 Å². The molecule has 0 bridgehead atoms. The lowest BCUT2D eigenvalue weighted by atomic mass is 9.87. The van der Waals surface area contributed by atoms with Gasteiger partial charge in [0.1, 0.15) is 5.54 Å². The van der Waals surface area contributed by atoms with Gasteiger partial charge in [-0.3, -0.25) is 9.69 Å². The van der Waals surface area contributed by atoms with Crippen LogP contribution < -0.4 is 5.32 Å². The quantitative estimate of drug-likeness (QED) is 0.737. The van der Waals surface area contributed by atoms with E-state index in [9.17, 15) is 9.90 Å². The van der Waals surface area contributed by atoms with E-state index in [-0.39, 0.29) is 0 Å². The van der Waals surface area contributed by atoms with Crippen molar-refractivity contribution in [1.29, 1.82) is 0 Å². The summed E-state index contributed by atoms with van der Waals surface area (Å²) in [5, 5.41) is 13.1. The lowest BCUT2D eigenvalue weighted by Crippen LogP contribution is -2.55. The third kappa shape index (κ3) is 2.86. The van der Waals surface area contributed by atoms with Crippen LogP contribution in [0.1, 0.15) is 45.4 Å². The molecular formula is C14H26N2O2. The summed E-state index contributed by atoms with van der Waals surface area (Å²) in [6.45, 7) is 5.99. The van der Waals surface area contributed by atoms with Gasteiger partial charge in [-0.1, -0.05) is 19.8 Å². The van der Waals surface area contributed by atoms with Gasteiger partial charge in [-0.2, -0.15) is 0 Å².